The van der Waals surface area contributed by atoms with Crippen molar-refractivity contribution in [2.45, 2.75) is 25.5 Å². The second-order valence-electron chi connectivity index (χ2n) is 6.72. The van der Waals surface area contributed by atoms with Gasteiger partial charge in [0.2, 0.25) is 0 Å². The van der Waals surface area contributed by atoms with E-state index in [0.717, 1.165) is 22.6 Å². The summed E-state index contributed by atoms with van der Waals surface area (Å²) in [5, 5.41) is 10.2. The Hall–Kier alpha value is -3.32. The molecule has 7 nitrogen and oxygen atoms in total. The van der Waals surface area contributed by atoms with Crippen LogP contribution in [-0.2, 0) is 6.54 Å². The minimum Gasteiger partial charge on any atom is -0.497 e. The number of nitrogens with two attached hydrogens (primary N) is 1. The number of aliphatic hydroxyl groups is 1. The van der Waals surface area contributed by atoms with Gasteiger partial charge in [-0.3, -0.25) is 4.79 Å². The maximum atomic E-state index is 11.1. The maximum absolute atomic E-state index is 11.1. The molecule has 1 aromatic heterocycles. The van der Waals surface area contributed by atoms with E-state index < -0.39 is 12.0 Å². The number of ether oxygens (including phenoxy) is 2. The third-order valence-electron chi connectivity index (χ3n) is 4.52. The van der Waals surface area contributed by atoms with Crippen LogP contribution in [0.3, 0.4) is 0 Å². The second-order valence-corrected chi connectivity index (χ2v) is 6.72. The van der Waals surface area contributed by atoms with Crippen LogP contribution in [0, 0.1) is 0 Å². The van der Waals surface area contributed by atoms with Crippen molar-refractivity contribution in [3.8, 4) is 22.6 Å². The molecular weight excluding hydrogens is 370 g/mol. The number of aliphatic hydroxyl groups excluding tert-OH is 1. The van der Waals surface area contributed by atoms with Gasteiger partial charge in [0, 0.05) is 12.7 Å². The van der Waals surface area contributed by atoms with Gasteiger partial charge in [-0.05, 0) is 48.2 Å². The van der Waals surface area contributed by atoms with Gasteiger partial charge in [-0.2, -0.15) is 0 Å². The molecule has 0 bridgehead atoms. The number of hydrogen-bond donors (Lipinski definition) is 2. The fraction of sp³-hybridized carbons (Fsp3) is 0.273. The lowest BCUT2D eigenvalue weighted by Gasteiger charge is -2.12. The Morgan fingerprint density at radius 3 is 2.66 bits per heavy atom. The van der Waals surface area contributed by atoms with Crippen LogP contribution in [0.2, 0.25) is 0 Å². The normalized spacial score (nSPS) is 11.8. The van der Waals surface area contributed by atoms with Gasteiger partial charge in [0.15, 0.2) is 0 Å². The van der Waals surface area contributed by atoms with E-state index in [0.29, 0.717) is 26.0 Å². The van der Waals surface area contributed by atoms with Crippen molar-refractivity contribution < 1.29 is 19.4 Å². The zero-order valence-electron chi connectivity index (χ0n) is 16.3. The Labute approximate surface area is 169 Å². The zero-order valence-corrected chi connectivity index (χ0v) is 16.3. The third-order valence-corrected chi connectivity index (χ3v) is 4.52. The Kier molecular flexibility index (Phi) is 6.86. The number of rotatable bonds is 10. The molecule has 0 saturated heterocycles. The Morgan fingerprint density at radius 1 is 1.17 bits per heavy atom. The van der Waals surface area contributed by atoms with Crippen molar-refractivity contribution in [3.63, 3.8) is 0 Å². The first-order valence-electron chi connectivity index (χ1n) is 9.42. The molecule has 0 spiro atoms. The molecule has 1 heterocycles. The van der Waals surface area contributed by atoms with E-state index in [2.05, 4.69) is 4.98 Å². The summed E-state index contributed by atoms with van der Waals surface area (Å²) in [6.45, 7) is 0.854. The average molecular weight is 395 g/mol. The predicted molar refractivity (Wildman–Crippen MR) is 110 cm³/mol. The van der Waals surface area contributed by atoms with E-state index in [1.807, 2.05) is 48.5 Å². The topological polar surface area (TPSA) is 99.6 Å². The van der Waals surface area contributed by atoms with Crippen molar-refractivity contribution in [1.82, 2.24) is 9.55 Å². The van der Waals surface area contributed by atoms with E-state index in [9.17, 15) is 9.90 Å². The molecular formula is C22H25N3O4. The molecule has 0 radical (unpaired) electrons. The van der Waals surface area contributed by atoms with Gasteiger partial charge < -0.3 is 24.9 Å². The lowest BCUT2D eigenvalue weighted by Crippen LogP contribution is -2.16. The van der Waals surface area contributed by atoms with E-state index in [1.165, 1.54) is 12.5 Å². The molecule has 0 fully saturated rings. The van der Waals surface area contributed by atoms with Crippen LogP contribution in [0.5, 0.6) is 11.5 Å². The quantitative estimate of drug-likeness (QED) is 0.514. The van der Waals surface area contributed by atoms with Crippen LogP contribution >= 0.6 is 0 Å². The van der Waals surface area contributed by atoms with Gasteiger partial charge in [-0.15, -0.1) is 0 Å². The maximum Gasteiger partial charge on any atom is 0.268 e. The molecule has 1 unspecified atom stereocenters. The molecule has 0 aliphatic carbocycles. The lowest BCUT2D eigenvalue weighted by molar-refractivity contribution is 0.0995. The monoisotopic (exact) mass is 395 g/mol. The minimum absolute atomic E-state index is 0.192. The smallest absolute Gasteiger partial charge is 0.268 e. The summed E-state index contributed by atoms with van der Waals surface area (Å²) < 4.78 is 12.7. The number of carbonyl (C=O) groups excluding carboxylic acids is 1. The van der Waals surface area contributed by atoms with Crippen molar-refractivity contribution in [3.05, 3.63) is 66.7 Å². The standard InChI is InChI=1S/C22H25N3O4/c1-28-19-9-7-16(8-10-19)17-4-2-6-20(12-17)29-11-3-5-18(26)13-25-14-21(22(23)27)24-15-25/h2,4,6-10,12,14-15,18,26H,3,5,11,13H2,1H3,(H2,23,27). The number of methoxy groups -OCH3 is 1. The molecule has 3 N–H and O–H groups in total. The van der Waals surface area contributed by atoms with Crippen LogP contribution in [0.15, 0.2) is 61.1 Å². The predicted octanol–water partition coefficient (Wildman–Crippen LogP) is 2.88. The zero-order chi connectivity index (χ0) is 20.6. The molecule has 3 rings (SSSR count). The summed E-state index contributed by atoms with van der Waals surface area (Å²) in [4.78, 5) is 14.9. The van der Waals surface area contributed by atoms with Crippen molar-refractivity contribution in [1.29, 1.82) is 0 Å². The van der Waals surface area contributed by atoms with Gasteiger partial charge in [-0.1, -0.05) is 24.3 Å². The number of amides is 1. The molecule has 1 amide bonds. The van der Waals surface area contributed by atoms with Gasteiger partial charge in [-0.25, -0.2) is 4.98 Å². The van der Waals surface area contributed by atoms with Gasteiger partial charge in [0.05, 0.1) is 26.1 Å². The molecule has 2 aromatic carbocycles. The van der Waals surface area contributed by atoms with E-state index in [4.69, 9.17) is 15.2 Å². The fourth-order valence-corrected chi connectivity index (χ4v) is 2.98. The summed E-state index contributed by atoms with van der Waals surface area (Å²) >= 11 is 0. The average Bonchev–Trinajstić information content (AvgIpc) is 3.20. The number of imidazole rings is 1. The van der Waals surface area contributed by atoms with E-state index >= 15 is 0 Å². The van der Waals surface area contributed by atoms with Crippen LogP contribution in [-0.4, -0.2) is 40.4 Å². The summed E-state index contributed by atoms with van der Waals surface area (Å²) in [7, 11) is 1.65. The van der Waals surface area contributed by atoms with Crippen LogP contribution in [0.25, 0.3) is 11.1 Å². The van der Waals surface area contributed by atoms with Crippen molar-refractivity contribution in [2.75, 3.05) is 13.7 Å². The highest BCUT2D eigenvalue weighted by atomic mass is 16.5. The molecule has 0 saturated carbocycles. The summed E-state index contributed by atoms with van der Waals surface area (Å²) in [5.74, 6) is 1.03. The summed E-state index contributed by atoms with van der Waals surface area (Å²) in [6.07, 6.45) is 3.74. The summed E-state index contributed by atoms with van der Waals surface area (Å²) in [6, 6.07) is 15.8. The van der Waals surface area contributed by atoms with Crippen molar-refractivity contribution in [2.24, 2.45) is 5.73 Å². The molecule has 3 aromatic rings. The van der Waals surface area contributed by atoms with Gasteiger partial charge >= 0.3 is 0 Å². The number of carbonyl (C=O) groups is 1. The number of aromatic nitrogens is 2. The Bertz CT molecular complexity index is 937. The molecule has 1 atom stereocenters. The largest absolute Gasteiger partial charge is 0.497 e. The SMILES string of the molecule is COc1ccc(-c2cccc(OCCCC(O)Cn3cnc(C(N)=O)c3)c2)cc1. The van der Waals surface area contributed by atoms with Crippen LogP contribution < -0.4 is 15.2 Å². The second kappa shape index (κ2) is 9.75. The summed E-state index contributed by atoms with van der Waals surface area (Å²) in [5.41, 5.74) is 7.52. The lowest BCUT2D eigenvalue weighted by atomic mass is 10.1. The van der Waals surface area contributed by atoms with Gasteiger partial charge in [0.25, 0.3) is 5.91 Å². The number of primary amides is 1. The molecule has 152 valence electrons. The highest BCUT2D eigenvalue weighted by Gasteiger charge is 2.09. The first-order valence-corrected chi connectivity index (χ1v) is 9.42. The number of benzene rings is 2. The molecule has 29 heavy (non-hydrogen) atoms. The number of hydrogen-bond acceptors (Lipinski definition) is 5. The van der Waals surface area contributed by atoms with E-state index in [1.54, 1.807) is 11.7 Å². The highest BCUT2D eigenvalue weighted by molar-refractivity contribution is 5.90. The fourth-order valence-electron chi connectivity index (χ4n) is 2.98. The van der Waals surface area contributed by atoms with Crippen LogP contribution in [0.4, 0.5) is 0 Å². The minimum atomic E-state index is -0.580. The highest BCUT2D eigenvalue weighted by Crippen LogP contribution is 2.25. The first-order chi connectivity index (χ1) is 14.0. The molecule has 0 aliphatic rings. The first kappa shape index (κ1) is 20.4. The van der Waals surface area contributed by atoms with Gasteiger partial charge in [0.1, 0.15) is 17.2 Å². The third kappa shape index (κ3) is 5.83. The Morgan fingerprint density at radius 2 is 1.97 bits per heavy atom. The molecule has 7 heteroatoms. The molecule has 0 aliphatic heterocycles. The number of nitrogens with zero attached hydrogens (tertiary/aromatic N) is 2. The van der Waals surface area contributed by atoms with Crippen molar-refractivity contribution >= 4 is 5.91 Å². The van der Waals surface area contributed by atoms with Crippen LogP contribution in [0.1, 0.15) is 23.3 Å². The Balaban J connectivity index is 1.45. The van der Waals surface area contributed by atoms with E-state index in [-0.39, 0.29) is 5.69 Å².